The van der Waals surface area contributed by atoms with Gasteiger partial charge in [0.1, 0.15) is 17.3 Å². The molecule has 0 fully saturated rings. The van der Waals surface area contributed by atoms with Gasteiger partial charge in [-0.15, -0.1) is 0 Å². The predicted molar refractivity (Wildman–Crippen MR) is 113 cm³/mol. The van der Waals surface area contributed by atoms with E-state index in [9.17, 15) is 14.4 Å². The molecule has 0 aliphatic heterocycles. The smallest absolute Gasteiger partial charge is 0.344 e. The van der Waals surface area contributed by atoms with Crippen LogP contribution in [0.1, 0.15) is 27.4 Å². The lowest BCUT2D eigenvalue weighted by Crippen LogP contribution is -2.31. The average Bonchev–Trinajstić information content (AvgIpc) is 3.20. The Morgan fingerprint density at radius 1 is 0.871 bits per heavy atom. The topological polar surface area (TPSA) is 86.0 Å². The molecule has 1 amide bonds. The van der Waals surface area contributed by atoms with E-state index in [2.05, 4.69) is 0 Å². The molecule has 7 heteroatoms. The number of aryl methyl sites for hydroxylation is 1. The summed E-state index contributed by atoms with van der Waals surface area (Å²) in [5.74, 6) is 0.706. The fourth-order valence-corrected chi connectivity index (χ4v) is 2.79. The van der Waals surface area contributed by atoms with E-state index in [1.807, 2.05) is 19.1 Å². The number of ketones is 1. The van der Waals surface area contributed by atoms with E-state index in [4.69, 9.17) is 13.9 Å². The SMILES string of the molecule is Cc1ccc(CN(C)C(=O)COC(=O)COc2ccc(C(=O)c3ccccc3)cc2)o1. The van der Waals surface area contributed by atoms with Crippen LogP contribution >= 0.6 is 0 Å². The van der Waals surface area contributed by atoms with E-state index < -0.39 is 5.97 Å². The number of amides is 1. The second-order valence-corrected chi connectivity index (χ2v) is 6.93. The minimum absolute atomic E-state index is 0.0982. The molecule has 0 aliphatic carbocycles. The van der Waals surface area contributed by atoms with Crippen molar-refractivity contribution in [1.82, 2.24) is 4.90 Å². The normalized spacial score (nSPS) is 10.4. The van der Waals surface area contributed by atoms with Crippen LogP contribution in [0.5, 0.6) is 5.75 Å². The number of hydrogen-bond donors (Lipinski definition) is 0. The fourth-order valence-electron chi connectivity index (χ4n) is 2.79. The van der Waals surface area contributed by atoms with Gasteiger partial charge in [0.2, 0.25) is 0 Å². The number of carbonyl (C=O) groups excluding carboxylic acids is 3. The molecule has 1 heterocycles. The Morgan fingerprint density at radius 3 is 2.19 bits per heavy atom. The van der Waals surface area contributed by atoms with Gasteiger partial charge in [0.15, 0.2) is 19.0 Å². The van der Waals surface area contributed by atoms with Crippen molar-refractivity contribution in [2.24, 2.45) is 0 Å². The van der Waals surface area contributed by atoms with Crippen LogP contribution in [0.4, 0.5) is 0 Å². The molecule has 31 heavy (non-hydrogen) atoms. The van der Waals surface area contributed by atoms with Crippen molar-refractivity contribution in [1.29, 1.82) is 0 Å². The summed E-state index contributed by atoms with van der Waals surface area (Å²) in [6, 6.07) is 19.0. The van der Waals surface area contributed by atoms with E-state index in [1.54, 1.807) is 61.6 Å². The third-order valence-corrected chi connectivity index (χ3v) is 4.48. The van der Waals surface area contributed by atoms with Crippen LogP contribution in [0.25, 0.3) is 0 Å². The molecule has 7 nitrogen and oxygen atoms in total. The van der Waals surface area contributed by atoms with Gasteiger partial charge < -0.3 is 18.8 Å². The number of nitrogens with zero attached hydrogens (tertiary/aromatic N) is 1. The lowest BCUT2D eigenvalue weighted by molar-refractivity contribution is -0.153. The second kappa shape index (κ2) is 10.2. The first-order valence-corrected chi connectivity index (χ1v) is 9.70. The molecule has 3 aromatic rings. The van der Waals surface area contributed by atoms with Crippen LogP contribution in [0, 0.1) is 6.92 Å². The number of likely N-dealkylation sites (N-methyl/N-ethyl adjacent to an activating group) is 1. The number of furan rings is 1. The molecule has 0 aliphatic rings. The number of hydrogen-bond acceptors (Lipinski definition) is 6. The summed E-state index contributed by atoms with van der Waals surface area (Å²) in [7, 11) is 1.60. The largest absolute Gasteiger partial charge is 0.482 e. The van der Waals surface area contributed by atoms with E-state index in [0.29, 0.717) is 22.6 Å². The lowest BCUT2D eigenvalue weighted by atomic mass is 10.0. The maximum atomic E-state index is 12.4. The van der Waals surface area contributed by atoms with E-state index in [-0.39, 0.29) is 31.4 Å². The minimum atomic E-state index is -0.667. The first-order valence-electron chi connectivity index (χ1n) is 9.70. The van der Waals surface area contributed by atoms with Gasteiger partial charge in [-0.25, -0.2) is 4.79 Å². The number of rotatable bonds is 9. The summed E-state index contributed by atoms with van der Waals surface area (Å²) >= 11 is 0. The highest BCUT2D eigenvalue weighted by molar-refractivity contribution is 6.08. The first-order chi connectivity index (χ1) is 14.9. The lowest BCUT2D eigenvalue weighted by Gasteiger charge is -2.15. The molecule has 0 radical (unpaired) electrons. The number of carbonyl (C=O) groups is 3. The predicted octanol–water partition coefficient (Wildman–Crippen LogP) is 3.40. The summed E-state index contributed by atoms with van der Waals surface area (Å²) in [5, 5.41) is 0. The Kier molecular flexibility index (Phi) is 7.22. The monoisotopic (exact) mass is 421 g/mol. The van der Waals surface area contributed by atoms with Crippen molar-refractivity contribution in [3.8, 4) is 5.75 Å². The molecule has 3 rings (SSSR count). The Labute approximate surface area is 180 Å². The van der Waals surface area contributed by atoms with Crippen molar-refractivity contribution in [2.45, 2.75) is 13.5 Å². The zero-order valence-corrected chi connectivity index (χ0v) is 17.4. The highest BCUT2D eigenvalue weighted by Gasteiger charge is 2.14. The highest BCUT2D eigenvalue weighted by atomic mass is 16.6. The maximum Gasteiger partial charge on any atom is 0.344 e. The molecule has 0 unspecified atom stereocenters. The maximum absolute atomic E-state index is 12.4. The Bertz CT molecular complexity index is 1040. The van der Waals surface area contributed by atoms with Gasteiger partial charge in [0.05, 0.1) is 6.54 Å². The molecule has 0 saturated heterocycles. The molecule has 0 bridgehead atoms. The van der Waals surface area contributed by atoms with Crippen molar-refractivity contribution in [3.05, 3.63) is 89.4 Å². The van der Waals surface area contributed by atoms with Crippen molar-refractivity contribution >= 4 is 17.7 Å². The van der Waals surface area contributed by atoms with Gasteiger partial charge in [0, 0.05) is 18.2 Å². The van der Waals surface area contributed by atoms with Gasteiger partial charge in [-0.3, -0.25) is 9.59 Å². The molecule has 0 N–H and O–H groups in total. The summed E-state index contributed by atoms with van der Waals surface area (Å²) in [6.45, 7) is 1.37. The van der Waals surface area contributed by atoms with Crippen molar-refractivity contribution in [3.63, 3.8) is 0 Å². The quantitative estimate of drug-likeness (QED) is 0.389. The Balaban J connectivity index is 1.42. The third-order valence-electron chi connectivity index (χ3n) is 4.48. The highest BCUT2D eigenvalue weighted by Crippen LogP contribution is 2.15. The average molecular weight is 421 g/mol. The molecular weight excluding hydrogens is 398 g/mol. The van der Waals surface area contributed by atoms with Gasteiger partial charge in [-0.2, -0.15) is 0 Å². The Morgan fingerprint density at radius 2 is 1.55 bits per heavy atom. The minimum Gasteiger partial charge on any atom is -0.482 e. The molecular formula is C24H23NO6. The summed E-state index contributed by atoms with van der Waals surface area (Å²) in [4.78, 5) is 37.8. The van der Waals surface area contributed by atoms with Crippen LogP contribution < -0.4 is 4.74 Å². The first kappa shape index (κ1) is 21.8. The van der Waals surface area contributed by atoms with Crippen molar-refractivity contribution < 1.29 is 28.3 Å². The van der Waals surface area contributed by atoms with Gasteiger partial charge in [-0.1, -0.05) is 30.3 Å². The number of ether oxygens (including phenoxy) is 2. The van der Waals surface area contributed by atoms with Crippen LogP contribution in [-0.2, 0) is 20.9 Å². The van der Waals surface area contributed by atoms with E-state index in [1.165, 1.54) is 4.90 Å². The number of esters is 1. The van der Waals surface area contributed by atoms with E-state index in [0.717, 1.165) is 5.76 Å². The van der Waals surface area contributed by atoms with Crippen LogP contribution in [0.15, 0.2) is 71.1 Å². The zero-order chi connectivity index (χ0) is 22.2. The van der Waals surface area contributed by atoms with E-state index >= 15 is 0 Å². The molecule has 0 spiro atoms. The third kappa shape index (κ3) is 6.30. The molecule has 2 aromatic carbocycles. The zero-order valence-electron chi connectivity index (χ0n) is 17.4. The second-order valence-electron chi connectivity index (χ2n) is 6.93. The molecule has 1 aromatic heterocycles. The van der Waals surface area contributed by atoms with Gasteiger partial charge in [-0.05, 0) is 43.3 Å². The van der Waals surface area contributed by atoms with Gasteiger partial charge >= 0.3 is 5.97 Å². The summed E-state index contributed by atoms with van der Waals surface area (Å²) in [6.07, 6.45) is 0. The van der Waals surface area contributed by atoms with Crippen molar-refractivity contribution in [2.75, 3.05) is 20.3 Å². The van der Waals surface area contributed by atoms with Crippen LogP contribution in [0.3, 0.4) is 0 Å². The Hall–Kier alpha value is -3.87. The molecule has 160 valence electrons. The standard InChI is InChI=1S/C24H23NO6/c1-17-8-11-21(31-17)14-25(2)22(26)15-30-23(27)16-29-20-12-9-19(10-13-20)24(28)18-6-4-3-5-7-18/h3-13H,14-16H2,1-2H3. The molecule has 0 saturated carbocycles. The van der Waals surface area contributed by atoms with Gasteiger partial charge in [0.25, 0.3) is 5.91 Å². The van der Waals surface area contributed by atoms with Crippen LogP contribution in [-0.4, -0.2) is 42.8 Å². The summed E-state index contributed by atoms with van der Waals surface area (Å²) < 4.78 is 15.8. The summed E-state index contributed by atoms with van der Waals surface area (Å²) in [5.41, 5.74) is 1.11. The molecule has 0 atom stereocenters. The fraction of sp³-hybridized carbons (Fsp3) is 0.208. The van der Waals surface area contributed by atoms with Crippen LogP contribution in [0.2, 0.25) is 0 Å². The number of benzene rings is 2.